The fourth-order valence-electron chi connectivity index (χ4n) is 3.41. The van der Waals surface area contributed by atoms with Gasteiger partial charge in [-0.25, -0.2) is 0 Å². The van der Waals surface area contributed by atoms with Crippen molar-refractivity contribution in [1.29, 1.82) is 0 Å². The Balaban J connectivity index is 2.60. The second kappa shape index (κ2) is 9.43. The van der Waals surface area contributed by atoms with Gasteiger partial charge in [-0.05, 0) is 79.1 Å². The Morgan fingerprint density at radius 2 is 1.14 bits per heavy atom. The monoisotopic (exact) mass is 522 g/mol. The summed E-state index contributed by atoms with van der Waals surface area (Å²) in [5.74, 6) is -0.171. The number of carbonyl (C=O) groups is 2. The van der Waals surface area contributed by atoms with Gasteiger partial charge in [-0.3, -0.25) is 9.59 Å². The van der Waals surface area contributed by atoms with Crippen LogP contribution in [0, 0.1) is 0 Å². The van der Waals surface area contributed by atoms with E-state index in [9.17, 15) is 9.59 Å². The molecule has 29 heavy (non-hydrogen) atoms. The molecule has 0 unspecified atom stereocenters. The van der Waals surface area contributed by atoms with Gasteiger partial charge in [0.1, 0.15) is 0 Å². The van der Waals surface area contributed by atoms with E-state index >= 15 is 0 Å². The molecule has 0 heterocycles. The van der Waals surface area contributed by atoms with E-state index in [0.29, 0.717) is 0 Å². The summed E-state index contributed by atoms with van der Waals surface area (Å²) < 4.78 is 1.75. The molecular formula is C23H28Br2N2O2. The van der Waals surface area contributed by atoms with Gasteiger partial charge < -0.3 is 10.6 Å². The van der Waals surface area contributed by atoms with Crippen LogP contribution in [0.1, 0.15) is 63.8 Å². The molecule has 2 aromatic carbocycles. The summed E-state index contributed by atoms with van der Waals surface area (Å²) >= 11 is 7.28. The van der Waals surface area contributed by atoms with Gasteiger partial charge in [-0.2, -0.15) is 0 Å². The summed E-state index contributed by atoms with van der Waals surface area (Å²) in [6.07, 6.45) is 1.62. The molecule has 0 radical (unpaired) electrons. The maximum Gasteiger partial charge on any atom is 0.221 e. The Morgan fingerprint density at radius 3 is 1.41 bits per heavy atom. The first-order valence-electron chi connectivity index (χ1n) is 9.72. The van der Waals surface area contributed by atoms with Gasteiger partial charge in [0.2, 0.25) is 11.8 Å². The Hall–Kier alpha value is -1.66. The highest BCUT2D eigenvalue weighted by atomic mass is 79.9. The maximum atomic E-state index is 11.6. The minimum absolute atomic E-state index is 0.0857. The average molecular weight is 524 g/mol. The molecule has 0 fully saturated rings. The molecule has 156 valence electrons. The van der Waals surface area contributed by atoms with Crippen LogP contribution in [0.5, 0.6) is 0 Å². The number of aryl methyl sites for hydroxylation is 2. The van der Waals surface area contributed by atoms with E-state index in [4.69, 9.17) is 0 Å². The van der Waals surface area contributed by atoms with E-state index in [2.05, 4.69) is 94.5 Å². The molecule has 0 aliphatic carbocycles. The third-order valence-corrected chi connectivity index (χ3v) is 6.40. The minimum Gasteiger partial charge on any atom is -0.325 e. The smallest absolute Gasteiger partial charge is 0.221 e. The van der Waals surface area contributed by atoms with Crippen LogP contribution in [0.15, 0.2) is 33.2 Å². The second-order valence-corrected chi connectivity index (χ2v) is 9.39. The van der Waals surface area contributed by atoms with Crippen LogP contribution >= 0.6 is 31.9 Å². The number of carbonyl (C=O) groups excluding carboxylic acids is 2. The lowest BCUT2D eigenvalue weighted by atomic mass is 9.76. The topological polar surface area (TPSA) is 58.2 Å². The van der Waals surface area contributed by atoms with Crippen LogP contribution in [0.2, 0.25) is 0 Å². The van der Waals surface area contributed by atoms with Crippen molar-refractivity contribution in [3.63, 3.8) is 0 Å². The first-order valence-corrected chi connectivity index (χ1v) is 11.3. The first kappa shape index (κ1) is 23.6. The van der Waals surface area contributed by atoms with Crippen molar-refractivity contribution in [2.24, 2.45) is 0 Å². The molecule has 0 saturated carbocycles. The molecule has 4 nitrogen and oxygen atoms in total. The summed E-state index contributed by atoms with van der Waals surface area (Å²) in [5, 5.41) is 5.86. The van der Waals surface area contributed by atoms with E-state index in [1.165, 1.54) is 13.8 Å². The van der Waals surface area contributed by atoms with Gasteiger partial charge >= 0.3 is 0 Å². The molecule has 2 amide bonds. The van der Waals surface area contributed by atoms with Crippen molar-refractivity contribution in [3.8, 4) is 0 Å². The van der Waals surface area contributed by atoms with E-state index in [1.807, 2.05) is 0 Å². The zero-order valence-electron chi connectivity index (χ0n) is 17.8. The fraction of sp³-hybridized carbons (Fsp3) is 0.391. The van der Waals surface area contributed by atoms with Crippen molar-refractivity contribution < 1.29 is 9.59 Å². The predicted octanol–water partition coefficient (Wildman–Crippen LogP) is 6.58. The highest BCUT2D eigenvalue weighted by molar-refractivity contribution is 9.11. The molecule has 0 saturated heterocycles. The lowest BCUT2D eigenvalue weighted by Crippen LogP contribution is -2.21. The fourth-order valence-corrected chi connectivity index (χ4v) is 4.61. The van der Waals surface area contributed by atoms with E-state index < -0.39 is 0 Å². The Bertz CT molecular complexity index is 877. The third-order valence-electron chi connectivity index (χ3n) is 5.15. The average Bonchev–Trinajstić information content (AvgIpc) is 2.63. The van der Waals surface area contributed by atoms with Crippen LogP contribution < -0.4 is 10.6 Å². The Morgan fingerprint density at radius 1 is 0.793 bits per heavy atom. The molecule has 6 heteroatoms. The number of halogens is 2. The van der Waals surface area contributed by atoms with Gasteiger partial charge in [0.25, 0.3) is 0 Å². The van der Waals surface area contributed by atoms with Crippen molar-refractivity contribution in [1.82, 2.24) is 0 Å². The number of amides is 2. The van der Waals surface area contributed by atoms with Gasteiger partial charge in [-0.15, -0.1) is 0 Å². The predicted molar refractivity (Wildman–Crippen MR) is 128 cm³/mol. The second-order valence-electron chi connectivity index (χ2n) is 7.68. The minimum atomic E-state index is -0.275. The molecular weight excluding hydrogens is 496 g/mol. The molecule has 2 N–H and O–H groups in total. The Kier molecular flexibility index (Phi) is 7.68. The summed E-state index contributed by atoms with van der Waals surface area (Å²) in [7, 11) is 0. The Labute approximate surface area is 190 Å². The number of rotatable bonds is 6. The number of anilines is 2. The van der Waals surface area contributed by atoms with E-state index in [-0.39, 0.29) is 17.2 Å². The van der Waals surface area contributed by atoms with Gasteiger partial charge in [0.15, 0.2) is 0 Å². The van der Waals surface area contributed by atoms with Crippen LogP contribution in [-0.4, -0.2) is 11.8 Å². The highest BCUT2D eigenvalue weighted by Crippen LogP contribution is 2.40. The van der Waals surface area contributed by atoms with E-state index in [0.717, 1.165) is 55.4 Å². The number of benzene rings is 2. The molecule has 0 aliphatic rings. The van der Waals surface area contributed by atoms with Crippen LogP contribution in [-0.2, 0) is 27.8 Å². The van der Waals surface area contributed by atoms with Gasteiger partial charge in [0.05, 0.1) is 11.4 Å². The quantitative estimate of drug-likeness (QED) is 0.449. The van der Waals surface area contributed by atoms with Gasteiger partial charge in [-0.1, -0.05) is 39.8 Å². The summed E-state index contributed by atoms with van der Waals surface area (Å²) in [5.41, 5.74) is 5.85. The highest BCUT2D eigenvalue weighted by Gasteiger charge is 2.27. The van der Waals surface area contributed by atoms with E-state index in [1.54, 1.807) is 0 Å². The number of nitrogens with one attached hydrogen (secondary N) is 2. The molecule has 0 atom stereocenters. The summed E-state index contributed by atoms with van der Waals surface area (Å²) in [6.45, 7) is 11.6. The SMILES string of the molecule is CCc1cc(C(C)(C)c2cc(Br)c(NC(C)=O)c(CC)c2)cc(Br)c1NC(C)=O. The van der Waals surface area contributed by atoms with Crippen molar-refractivity contribution >= 4 is 55.0 Å². The molecule has 0 aromatic heterocycles. The van der Waals surface area contributed by atoms with Crippen molar-refractivity contribution in [3.05, 3.63) is 55.5 Å². The first-order chi connectivity index (χ1) is 13.5. The van der Waals surface area contributed by atoms with Crippen molar-refractivity contribution in [2.75, 3.05) is 10.6 Å². The molecule has 0 aliphatic heterocycles. The third kappa shape index (κ3) is 5.28. The maximum absolute atomic E-state index is 11.6. The molecule has 2 aromatic rings. The lowest BCUT2D eigenvalue weighted by Gasteiger charge is -2.29. The largest absolute Gasteiger partial charge is 0.325 e. The molecule has 0 bridgehead atoms. The molecule has 0 spiro atoms. The summed E-state index contributed by atoms with van der Waals surface area (Å²) in [4.78, 5) is 23.2. The number of hydrogen-bond acceptors (Lipinski definition) is 2. The zero-order chi connectivity index (χ0) is 21.9. The normalized spacial score (nSPS) is 11.3. The van der Waals surface area contributed by atoms with Crippen molar-refractivity contribution in [2.45, 2.75) is 59.8 Å². The standard InChI is InChI=1S/C23H28Br2N2O2/c1-7-15-9-17(11-19(24)21(15)26-13(3)28)23(5,6)18-10-16(8-2)22(20(25)12-18)27-14(4)29/h9-12H,7-8H2,1-6H3,(H,26,28)(H,27,29). The van der Waals surface area contributed by atoms with Crippen LogP contribution in [0.4, 0.5) is 11.4 Å². The van der Waals surface area contributed by atoms with Crippen LogP contribution in [0.3, 0.4) is 0 Å². The molecule has 2 rings (SSSR count). The zero-order valence-corrected chi connectivity index (χ0v) is 21.0. The number of hydrogen-bond donors (Lipinski definition) is 2. The summed E-state index contributed by atoms with van der Waals surface area (Å²) in [6, 6.07) is 8.48. The lowest BCUT2D eigenvalue weighted by molar-refractivity contribution is -0.115. The van der Waals surface area contributed by atoms with Crippen LogP contribution in [0.25, 0.3) is 0 Å². The van der Waals surface area contributed by atoms with Gasteiger partial charge in [0, 0.05) is 28.2 Å².